The summed E-state index contributed by atoms with van der Waals surface area (Å²) in [5.74, 6) is -0.00446. The van der Waals surface area contributed by atoms with Gasteiger partial charge in [0.25, 0.3) is 0 Å². The summed E-state index contributed by atoms with van der Waals surface area (Å²) < 4.78 is 21.0. The normalized spacial score (nSPS) is 19.5. The van der Waals surface area contributed by atoms with Crippen molar-refractivity contribution in [2.24, 2.45) is 5.92 Å². The van der Waals surface area contributed by atoms with Gasteiger partial charge in [-0.25, -0.2) is 0 Å². The quantitative estimate of drug-likeness (QED) is 0.803. The van der Waals surface area contributed by atoms with Crippen LogP contribution in [0.3, 0.4) is 0 Å². The molecule has 0 fully saturated rings. The van der Waals surface area contributed by atoms with Gasteiger partial charge in [-0.05, 0) is 23.8 Å². The van der Waals surface area contributed by atoms with Crippen molar-refractivity contribution in [1.29, 1.82) is 0 Å². The Morgan fingerprint density at radius 2 is 1.88 bits per heavy atom. The number of carbonyl (C=O) groups excluding carboxylic acids is 2. The molecule has 3 rings (SSSR count). The fraction of sp³-hybridized carbons (Fsp3) is 0.333. The Morgan fingerprint density at radius 3 is 2.54 bits per heavy atom. The molecule has 0 N–H and O–H groups in total. The molecular weight excluding hydrogens is 312 g/mol. The van der Waals surface area contributed by atoms with E-state index in [-0.39, 0.29) is 12.2 Å². The lowest BCUT2D eigenvalue weighted by Gasteiger charge is -2.28. The van der Waals surface area contributed by atoms with Crippen LogP contribution in [0.15, 0.2) is 34.9 Å². The molecule has 0 saturated heterocycles. The first-order valence-corrected chi connectivity index (χ1v) is 7.51. The highest BCUT2D eigenvalue weighted by atomic mass is 16.5. The summed E-state index contributed by atoms with van der Waals surface area (Å²) >= 11 is 0. The molecule has 0 saturated carbocycles. The molecule has 126 valence electrons. The number of ketones is 1. The Labute approximate surface area is 139 Å². The number of carbonyl (C=O) groups is 2. The second-order valence-corrected chi connectivity index (χ2v) is 5.55. The fourth-order valence-corrected chi connectivity index (χ4v) is 3.20. The maximum Gasteiger partial charge on any atom is 0.310 e. The fourth-order valence-electron chi connectivity index (χ4n) is 3.20. The van der Waals surface area contributed by atoms with Gasteiger partial charge in [0.15, 0.2) is 17.3 Å². The average molecular weight is 330 g/mol. The summed E-state index contributed by atoms with van der Waals surface area (Å²) in [5, 5.41) is 0. The average Bonchev–Trinajstić information content (AvgIpc) is 3.10. The Balaban J connectivity index is 2.13. The van der Waals surface area contributed by atoms with Crippen molar-refractivity contribution in [1.82, 2.24) is 0 Å². The minimum absolute atomic E-state index is 0.0816. The zero-order chi connectivity index (χ0) is 17.3. The first kappa shape index (κ1) is 16.1. The molecule has 1 aromatic heterocycles. The predicted molar refractivity (Wildman–Crippen MR) is 84.6 cm³/mol. The van der Waals surface area contributed by atoms with Crippen LogP contribution in [0.1, 0.15) is 34.0 Å². The number of hydrogen-bond acceptors (Lipinski definition) is 6. The van der Waals surface area contributed by atoms with Gasteiger partial charge >= 0.3 is 5.97 Å². The van der Waals surface area contributed by atoms with E-state index < -0.39 is 17.8 Å². The van der Waals surface area contributed by atoms with Gasteiger partial charge in [0.1, 0.15) is 5.76 Å². The number of furan rings is 1. The lowest BCUT2D eigenvalue weighted by atomic mass is 9.75. The lowest BCUT2D eigenvalue weighted by Crippen LogP contribution is -2.31. The van der Waals surface area contributed by atoms with Gasteiger partial charge in [0.05, 0.1) is 45.0 Å². The van der Waals surface area contributed by atoms with E-state index in [4.69, 9.17) is 18.6 Å². The van der Waals surface area contributed by atoms with Crippen molar-refractivity contribution in [3.8, 4) is 11.5 Å². The summed E-state index contributed by atoms with van der Waals surface area (Å²) in [5.41, 5.74) is 1.31. The van der Waals surface area contributed by atoms with E-state index in [9.17, 15) is 9.59 Å². The molecule has 2 aromatic rings. The molecule has 0 spiro atoms. The minimum atomic E-state index is -0.640. The van der Waals surface area contributed by atoms with Crippen molar-refractivity contribution >= 4 is 11.8 Å². The molecule has 24 heavy (non-hydrogen) atoms. The van der Waals surface area contributed by atoms with E-state index in [0.29, 0.717) is 22.8 Å². The van der Waals surface area contributed by atoms with E-state index in [0.717, 1.165) is 5.56 Å². The van der Waals surface area contributed by atoms with Gasteiger partial charge in [-0.15, -0.1) is 0 Å². The van der Waals surface area contributed by atoms with Crippen LogP contribution in [-0.2, 0) is 9.53 Å². The van der Waals surface area contributed by atoms with Crippen LogP contribution < -0.4 is 9.47 Å². The number of benzene rings is 1. The van der Waals surface area contributed by atoms with Crippen molar-refractivity contribution in [2.75, 3.05) is 21.3 Å². The highest BCUT2D eigenvalue weighted by Gasteiger charge is 2.42. The summed E-state index contributed by atoms with van der Waals surface area (Å²) in [6.07, 6.45) is 1.55. The highest BCUT2D eigenvalue weighted by Crippen LogP contribution is 2.44. The molecule has 0 amide bonds. The smallest absolute Gasteiger partial charge is 0.310 e. The molecule has 6 heteroatoms. The number of esters is 1. The van der Waals surface area contributed by atoms with Crippen LogP contribution in [0.5, 0.6) is 11.5 Å². The Hall–Kier alpha value is -2.76. The Morgan fingerprint density at radius 1 is 1.12 bits per heavy atom. The van der Waals surface area contributed by atoms with Crippen molar-refractivity contribution < 1.29 is 28.2 Å². The van der Waals surface area contributed by atoms with E-state index in [2.05, 4.69) is 0 Å². The second kappa shape index (κ2) is 6.39. The number of ether oxygens (including phenoxy) is 3. The van der Waals surface area contributed by atoms with Crippen LogP contribution in [0.4, 0.5) is 0 Å². The van der Waals surface area contributed by atoms with Crippen LogP contribution in [0.25, 0.3) is 0 Å². The van der Waals surface area contributed by atoms with Crippen LogP contribution in [0.2, 0.25) is 0 Å². The van der Waals surface area contributed by atoms with Gasteiger partial charge in [0, 0.05) is 6.42 Å². The van der Waals surface area contributed by atoms with Crippen molar-refractivity contribution in [3.63, 3.8) is 0 Å². The highest BCUT2D eigenvalue weighted by molar-refractivity contribution is 6.01. The number of Topliss-reactive ketones (excluding diaryl/α,β-unsaturated/α-hetero) is 1. The van der Waals surface area contributed by atoms with Crippen LogP contribution >= 0.6 is 0 Å². The maximum absolute atomic E-state index is 12.3. The molecule has 0 radical (unpaired) electrons. The molecule has 6 nitrogen and oxygen atoms in total. The molecule has 1 aromatic carbocycles. The molecule has 0 unspecified atom stereocenters. The summed E-state index contributed by atoms with van der Waals surface area (Å²) in [4.78, 5) is 24.5. The summed E-state index contributed by atoms with van der Waals surface area (Å²) in [6, 6.07) is 7.03. The minimum Gasteiger partial charge on any atom is -0.493 e. The number of fused-ring (bicyclic) bond motifs is 1. The second-order valence-electron chi connectivity index (χ2n) is 5.55. The monoisotopic (exact) mass is 330 g/mol. The first-order valence-electron chi connectivity index (χ1n) is 7.51. The zero-order valence-corrected chi connectivity index (χ0v) is 13.7. The third-order valence-electron chi connectivity index (χ3n) is 4.36. The molecule has 1 aliphatic carbocycles. The third-order valence-corrected chi connectivity index (χ3v) is 4.36. The molecule has 0 bridgehead atoms. The number of methoxy groups -OCH3 is 3. The first-order chi connectivity index (χ1) is 11.6. The van der Waals surface area contributed by atoms with Crippen molar-refractivity contribution in [3.05, 3.63) is 47.4 Å². The molecular formula is C18H18O6. The summed E-state index contributed by atoms with van der Waals surface area (Å²) in [6.45, 7) is 0. The molecule has 1 heterocycles. The van der Waals surface area contributed by atoms with E-state index in [1.807, 2.05) is 6.07 Å². The molecule has 2 atom stereocenters. The van der Waals surface area contributed by atoms with Crippen LogP contribution in [0, 0.1) is 5.92 Å². The molecule has 0 aliphatic heterocycles. The Kier molecular flexibility index (Phi) is 4.29. The van der Waals surface area contributed by atoms with Gasteiger partial charge in [-0.2, -0.15) is 0 Å². The van der Waals surface area contributed by atoms with Crippen molar-refractivity contribution in [2.45, 2.75) is 12.3 Å². The standard InChI is InChI=1S/C18H18O6/c1-21-14-5-4-10(8-15(14)22-2)16-12(18(20)23-3)9-13(19)11-6-7-24-17(11)16/h4-8,12,16H,9H2,1-3H3/t12-,16+/m1/s1. The topological polar surface area (TPSA) is 75.0 Å². The lowest BCUT2D eigenvalue weighted by molar-refractivity contribution is -0.146. The van der Waals surface area contributed by atoms with Crippen LogP contribution in [-0.4, -0.2) is 33.1 Å². The van der Waals surface area contributed by atoms with E-state index in [1.54, 1.807) is 32.4 Å². The SMILES string of the molecule is COC(=O)[C@@H]1CC(=O)c2ccoc2[C@H]1c1ccc(OC)c(OC)c1. The van der Waals surface area contributed by atoms with E-state index >= 15 is 0 Å². The predicted octanol–water partition coefficient (Wildman–Crippen LogP) is 2.80. The zero-order valence-electron chi connectivity index (χ0n) is 13.7. The van der Waals surface area contributed by atoms with Gasteiger partial charge in [-0.1, -0.05) is 6.07 Å². The van der Waals surface area contributed by atoms with Gasteiger partial charge in [-0.3, -0.25) is 9.59 Å². The molecule has 1 aliphatic rings. The number of rotatable bonds is 4. The van der Waals surface area contributed by atoms with E-state index in [1.165, 1.54) is 13.4 Å². The maximum atomic E-state index is 12.3. The van der Waals surface area contributed by atoms with Gasteiger partial charge < -0.3 is 18.6 Å². The Bertz CT molecular complexity index is 776. The largest absolute Gasteiger partial charge is 0.493 e. The van der Waals surface area contributed by atoms with Gasteiger partial charge in [0.2, 0.25) is 0 Å². The number of hydrogen-bond donors (Lipinski definition) is 0. The summed E-state index contributed by atoms with van der Waals surface area (Å²) in [7, 11) is 4.41. The third kappa shape index (κ3) is 2.54.